The summed E-state index contributed by atoms with van der Waals surface area (Å²) in [6.45, 7) is 7.79. The molecule has 8 nitrogen and oxygen atoms in total. The van der Waals surface area contributed by atoms with Gasteiger partial charge in [0.05, 0.1) is 6.57 Å². The van der Waals surface area contributed by atoms with E-state index in [0.717, 1.165) is 71.3 Å². The summed E-state index contributed by atoms with van der Waals surface area (Å²) >= 11 is 1.73. The van der Waals surface area contributed by atoms with Crippen LogP contribution in [0.2, 0.25) is 0 Å². The molecule has 0 radical (unpaired) electrons. The number of nitrogens with zero attached hydrogens (tertiary/aromatic N) is 4. The summed E-state index contributed by atoms with van der Waals surface area (Å²) < 4.78 is 11.5. The molecule has 0 aliphatic rings. The summed E-state index contributed by atoms with van der Waals surface area (Å²) in [5.74, 6) is -0.651. The van der Waals surface area contributed by atoms with E-state index in [1.807, 2.05) is 121 Å². The summed E-state index contributed by atoms with van der Waals surface area (Å²) in [5.41, 5.74) is 10.6. The van der Waals surface area contributed by atoms with E-state index in [9.17, 15) is 14.9 Å². The lowest BCUT2D eigenvalue weighted by Gasteiger charge is -2.25. The highest BCUT2D eigenvalue weighted by Gasteiger charge is 2.21. The second-order valence-electron chi connectivity index (χ2n) is 17.0. The van der Waals surface area contributed by atoms with Crippen molar-refractivity contribution >= 4 is 91.1 Å². The smallest absolute Gasteiger partial charge is 0.238 e. The highest BCUT2D eigenvalue weighted by atomic mass is 32.1. The maximum absolute atomic E-state index is 13.3. The van der Waals surface area contributed by atoms with Crippen molar-refractivity contribution in [2.45, 2.75) is 0 Å². The standard InChI is InChI=1S/C64H40N4O4S/c1-66-56(64(70)60-41-48-13-9-11-19-58(48)72-60)39-44-22-30-53(31-23-44)68(51-16-6-3-7-17-51)55-34-26-46(27-35-55)62-37-36-61(73-62)45-24-32-54(33-25-45)67(50-14-4-2-5-15-50)52-28-20-43(21-29-52)38-49(42-65)63(69)59-40-47-12-8-10-18-57(47)71-59/h2-41H. The van der Waals surface area contributed by atoms with Crippen LogP contribution in [-0.2, 0) is 0 Å². The molecule has 11 aromatic rings. The van der Waals surface area contributed by atoms with Crippen molar-refractivity contribution < 1.29 is 18.4 Å². The van der Waals surface area contributed by atoms with Gasteiger partial charge in [-0.3, -0.25) is 9.59 Å². The predicted molar refractivity (Wildman–Crippen MR) is 294 cm³/mol. The third-order valence-electron chi connectivity index (χ3n) is 12.4. The maximum Gasteiger partial charge on any atom is 0.238 e. The minimum absolute atomic E-state index is 0.00984. The number of benzene rings is 8. The molecule has 9 heteroatoms. The number of rotatable bonds is 14. The number of anilines is 6. The molecule has 0 unspecified atom stereocenters. The summed E-state index contributed by atoms with van der Waals surface area (Å²) in [4.78, 5) is 36.8. The highest BCUT2D eigenvalue weighted by molar-refractivity contribution is 7.18. The van der Waals surface area contributed by atoms with Gasteiger partial charge in [-0.1, -0.05) is 121 Å². The van der Waals surface area contributed by atoms with Crippen molar-refractivity contribution in [1.82, 2.24) is 0 Å². The van der Waals surface area contributed by atoms with Crippen molar-refractivity contribution in [2.24, 2.45) is 0 Å². The summed E-state index contributed by atoms with van der Waals surface area (Å²) in [6, 6.07) is 77.5. The normalized spacial score (nSPS) is 11.5. The minimum atomic E-state index is -0.463. The number of para-hydroxylation sites is 4. The first-order valence-electron chi connectivity index (χ1n) is 23.4. The zero-order valence-electron chi connectivity index (χ0n) is 38.9. The fourth-order valence-electron chi connectivity index (χ4n) is 8.75. The number of furan rings is 2. The third-order valence-corrected chi connectivity index (χ3v) is 13.6. The molecule has 0 bridgehead atoms. The van der Waals surface area contributed by atoms with E-state index < -0.39 is 11.6 Å². The van der Waals surface area contributed by atoms with Gasteiger partial charge in [0.15, 0.2) is 11.5 Å². The fraction of sp³-hybridized carbons (Fsp3) is 0. The van der Waals surface area contributed by atoms with Crippen LogP contribution in [0.25, 0.3) is 59.8 Å². The molecular formula is C64H40N4O4S. The van der Waals surface area contributed by atoms with E-state index in [-0.39, 0.29) is 22.8 Å². The summed E-state index contributed by atoms with van der Waals surface area (Å²) in [6.07, 6.45) is 3.19. The zero-order valence-corrected chi connectivity index (χ0v) is 39.7. The monoisotopic (exact) mass is 960 g/mol. The molecule has 3 aromatic heterocycles. The Morgan fingerprint density at radius 2 is 0.849 bits per heavy atom. The first-order valence-corrected chi connectivity index (χ1v) is 24.2. The molecule has 73 heavy (non-hydrogen) atoms. The molecular weight excluding hydrogens is 921 g/mol. The van der Waals surface area contributed by atoms with Crippen LogP contribution < -0.4 is 9.80 Å². The largest absolute Gasteiger partial charge is 0.454 e. The van der Waals surface area contributed by atoms with E-state index in [0.29, 0.717) is 16.7 Å². The van der Waals surface area contributed by atoms with Crippen LogP contribution in [-0.4, -0.2) is 11.6 Å². The molecule has 11 rings (SSSR count). The van der Waals surface area contributed by atoms with E-state index in [1.165, 1.54) is 0 Å². The number of thiophene rings is 1. The number of nitriles is 1. The van der Waals surface area contributed by atoms with Crippen LogP contribution in [0.1, 0.15) is 32.2 Å². The number of fused-ring (bicyclic) bond motifs is 2. The van der Waals surface area contributed by atoms with E-state index in [1.54, 1.807) is 47.8 Å². The van der Waals surface area contributed by atoms with E-state index >= 15 is 0 Å². The molecule has 346 valence electrons. The second-order valence-corrected chi connectivity index (χ2v) is 18.1. The first-order chi connectivity index (χ1) is 35.9. The van der Waals surface area contributed by atoms with Crippen molar-refractivity contribution in [2.75, 3.05) is 9.80 Å². The summed E-state index contributed by atoms with van der Waals surface area (Å²) in [5, 5.41) is 11.6. The Hall–Kier alpha value is -10.1. The van der Waals surface area contributed by atoms with Crippen molar-refractivity contribution in [3.63, 3.8) is 0 Å². The molecule has 0 saturated heterocycles. The Morgan fingerprint density at radius 3 is 1.27 bits per heavy atom. The molecule has 0 atom stereocenters. The van der Waals surface area contributed by atoms with Gasteiger partial charge in [0.2, 0.25) is 17.3 Å². The number of allylic oxidation sites excluding steroid dienone is 2. The highest BCUT2D eigenvalue weighted by Crippen LogP contribution is 2.41. The molecule has 0 aliphatic carbocycles. The van der Waals surface area contributed by atoms with Gasteiger partial charge in [0.1, 0.15) is 22.8 Å². The molecule has 0 spiro atoms. The molecule has 0 amide bonds. The lowest BCUT2D eigenvalue weighted by Crippen LogP contribution is -2.09. The topological polar surface area (TPSA) is 95.0 Å². The van der Waals surface area contributed by atoms with Gasteiger partial charge in [-0.05, 0) is 144 Å². The van der Waals surface area contributed by atoms with Crippen LogP contribution in [0.4, 0.5) is 34.1 Å². The summed E-state index contributed by atoms with van der Waals surface area (Å²) in [7, 11) is 0. The maximum atomic E-state index is 13.3. The average Bonchev–Trinajstić information content (AvgIpc) is 4.23. The number of carbonyl (C=O) groups is 2. The van der Waals surface area contributed by atoms with Gasteiger partial charge in [-0.25, -0.2) is 4.85 Å². The molecule has 0 N–H and O–H groups in total. The van der Waals surface area contributed by atoms with Crippen LogP contribution in [0.5, 0.6) is 0 Å². The number of hydrogen-bond donors (Lipinski definition) is 0. The lowest BCUT2D eigenvalue weighted by molar-refractivity contribution is 0.100. The molecule has 3 heterocycles. The Labute approximate surface area is 425 Å². The van der Waals surface area contributed by atoms with E-state index in [2.05, 4.69) is 106 Å². The molecule has 0 aliphatic heterocycles. The van der Waals surface area contributed by atoms with Gasteiger partial charge in [0, 0.05) is 54.7 Å². The van der Waals surface area contributed by atoms with Crippen molar-refractivity contribution in [3.05, 3.63) is 276 Å². The van der Waals surface area contributed by atoms with Gasteiger partial charge in [-0.2, -0.15) is 5.26 Å². The van der Waals surface area contributed by atoms with Crippen LogP contribution in [0.3, 0.4) is 0 Å². The Morgan fingerprint density at radius 1 is 0.466 bits per heavy atom. The number of hydrogen-bond acceptors (Lipinski definition) is 8. The fourth-order valence-corrected chi connectivity index (χ4v) is 9.77. The number of carbonyl (C=O) groups excluding carboxylic acids is 2. The van der Waals surface area contributed by atoms with Gasteiger partial charge < -0.3 is 18.6 Å². The minimum Gasteiger partial charge on any atom is -0.454 e. The van der Waals surface area contributed by atoms with Crippen LogP contribution >= 0.6 is 11.3 Å². The quantitative estimate of drug-likeness (QED) is 0.0464. The lowest BCUT2D eigenvalue weighted by atomic mass is 10.1. The average molecular weight is 961 g/mol. The molecule has 8 aromatic carbocycles. The second kappa shape index (κ2) is 20.1. The van der Waals surface area contributed by atoms with Crippen molar-refractivity contribution in [3.8, 4) is 27.0 Å². The van der Waals surface area contributed by atoms with Crippen molar-refractivity contribution in [1.29, 1.82) is 5.26 Å². The molecule has 0 fully saturated rings. The molecule has 0 saturated carbocycles. The van der Waals surface area contributed by atoms with Crippen LogP contribution in [0.15, 0.2) is 251 Å². The zero-order chi connectivity index (χ0) is 49.7. The van der Waals surface area contributed by atoms with Crippen LogP contribution in [0, 0.1) is 17.9 Å². The van der Waals surface area contributed by atoms with E-state index in [4.69, 9.17) is 15.4 Å². The number of Topliss-reactive ketones (excluding diaryl/α,β-unsaturated/α-hetero) is 2. The predicted octanol–water partition coefficient (Wildman–Crippen LogP) is 17.4. The Balaban J connectivity index is 0.807. The van der Waals surface area contributed by atoms with Gasteiger partial charge in [-0.15, -0.1) is 11.3 Å². The SMILES string of the molecule is [C-]#[N+]C(=Cc1ccc(N(c2ccccc2)c2ccc(-c3ccc(-c4ccc(N(c5ccccc5)c5ccc(C=C(C#N)C(=O)c6cc7ccccc7o6)cc5)cc4)s3)cc2)cc1)C(=O)c1cc2ccccc2o1. The third kappa shape index (κ3) is 9.51. The number of ketones is 2. The Kier molecular flexibility index (Phi) is 12.5. The first kappa shape index (κ1) is 45.4. The Bertz CT molecular complexity index is 3620. The van der Waals surface area contributed by atoms with Gasteiger partial charge in [0.25, 0.3) is 0 Å². The van der Waals surface area contributed by atoms with Gasteiger partial charge >= 0.3 is 0 Å².